The van der Waals surface area contributed by atoms with E-state index in [1.807, 2.05) is 42.5 Å². The summed E-state index contributed by atoms with van der Waals surface area (Å²) in [6.45, 7) is -0.0400. The minimum absolute atomic E-state index is 0.0400. The smallest absolute Gasteiger partial charge is 0.0624 e. The Morgan fingerprint density at radius 2 is 1.61 bits per heavy atom. The van der Waals surface area contributed by atoms with Gasteiger partial charge in [-0.2, -0.15) is 0 Å². The summed E-state index contributed by atoms with van der Waals surface area (Å²) in [6.07, 6.45) is 0. The molecule has 2 aromatic carbocycles. The van der Waals surface area contributed by atoms with Crippen LogP contribution >= 0.6 is 27.5 Å². The summed E-state index contributed by atoms with van der Waals surface area (Å²) in [5.41, 5.74) is 6.45. The number of nitrogens with two attached hydrogens (primary N) is 1. The normalized spacial score (nSPS) is 11.3. The Morgan fingerprint density at radius 3 is 2.00 bits per heavy atom. The molecule has 0 saturated carbocycles. The highest BCUT2D eigenvalue weighted by atomic mass is 79.9. The van der Waals surface area contributed by atoms with E-state index in [2.05, 4.69) is 15.9 Å². The van der Waals surface area contributed by atoms with Gasteiger partial charge in [-0.1, -0.05) is 57.9 Å². The summed E-state index contributed by atoms with van der Waals surface area (Å²) in [6, 6.07) is 16.8. The first-order valence-corrected chi connectivity index (χ1v) is 6.63. The van der Waals surface area contributed by atoms with Crippen molar-refractivity contribution >= 4 is 27.5 Å². The average molecular weight is 329 g/mol. The zero-order valence-corrected chi connectivity index (χ0v) is 12.1. The molecular weight excluding hydrogens is 314 g/mol. The third-order valence-corrected chi connectivity index (χ3v) is 3.01. The summed E-state index contributed by atoms with van der Waals surface area (Å²) >= 11 is 8.97. The number of halogens is 2. The van der Waals surface area contributed by atoms with E-state index in [9.17, 15) is 0 Å². The summed E-state index contributed by atoms with van der Waals surface area (Å²) in [5, 5.41) is 9.38. The molecule has 1 unspecified atom stereocenters. The van der Waals surface area contributed by atoms with Gasteiger partial charge in [0.05, 0.1) is 12.6 Å². The van der Waals surface area contributed by atoms with Gasteiger partial charge in [-0.3, -0.25) is 0 Å². The number of rotatable bonds is 2. The van der Waals surface area contributed by atoms with Gasteiger partial charge >= 0.3 is 0 Å². The van der Waals surface area contributed by atoms with Crippen LogP contribution in [0.15, 0.2) is 59.1 Å². The van der Waals surface area contributed by atoms with E-state index >= 15 is 0 Å². The van der Waals surface area contributed by atoms with Gasteiger partial charge in [-0.15, -0.1) is 0 Å². The highest BCUT2D eigenvalue weighted by Gasteiger charge is 2.02. The maximum atomic E-state index is 8.70. The molecule has 2 nitrogen and oxygen atoms in total. The van der Waals surface area contributed by atoms with E-state index < -0.39 is 0 Å². The van der Waals surface area contributed by atoms with E-state index in [1.54, 1.807) is 12.1 Å². The van der Waals surface area contributed by atoms with Crippen LogP contribution in [-0.4, -0.2) is 11.7 Å². The van der Waals surface area contributed by atoms with Crippen molar-refractivity contribution in [3.05, 3.63) is 69.7 Å². The van der Waals surface area contributed by atoms with E-state index in [4.69, 9.17) is 22.4 Å². The molecule has 1 atom stereocenters. The molecule has 2 aromatic rings. The molecule has 0 amide bonds. The van der Waals surface area contributed by atoms with E-state index in [0.29, 0.717) is 5.02 Å². The first-order valence-electron chi connectivity index (χ1n) is 5.46. The van der Waals surface area contributed by atoms with Crippen LogP contribution in [0, 0.1) is 0 Å². The predicted octanol–water partition coefficient (Wildman–Crippen LogP) is 3.78. The molecule has 0 aliphatic carbocycles. The van der Waals surface area contributed by atoms with Crippen LogP contribution < -0.4 is 5.73 Å². The number of benzene rings is 2. The Labute approximate surface area is 121 Å². The van der Waals surface area contributed by atoms with Crippen LogP contribution in [0.5, 0.6) is 0 Å². The summed E-state index contributed by atoms with van der Waals surface area (Å²) < 4.78 is 1.13. The summed E-state index contributed by atoms with van der Waals surface area (Å²) in [5.74, 6) is 0. The second-order valence-electron chi connectivity index (χ2n) is 3.64. The fourth-order valence-electron chi connectivity index (χ4n) is 1.23. The molecule has 96 valence electrons. The highest BCUT2D eigenvalue weighted by Crippen LogP contribution is 2.13. The second kappa shape index (κ2) is 8.27. The minimum Gasteiger partial charge on any atom is -0.394 e. The lowest BCUT2D eigenvalue weighted by molar-refractivity contribution is 0.268. The summed E-state index contributed by atoms with van der Waals surface area (Å²) in [7, 11) is 0. The van der Waals surface area contributed by atoms with Gasteiger partial charge in [0, 0.05) is 9.50 Å². The van der Waals surface area contributed by atoms with Crippen LogP contribution in [0.25, 0.3) is 0 Å². The topological polar surface area (TPSA) is 46.2 Å². The van der Waals surface area contributed by atoms with Crippen molar-refractivity contribution < 1.29 is 5.11 Å². The van der Waals surface area contributed by atoms with Gasteiger partial charge < -0.3 is 10.8 Å². The van der Waals surface area contributed by atoms with Gasteiger partial charge in [-0.25, -0.2) is 0 Å². The third kappa shape index (κ3) is 5.65. The van der Waals surface area contributed by atoms with Gasteiger partial charge in [0.25, 0.3) is 0 Å². The molecule has 0 bridgehead atoms. The van der Waals surface area contributed by atoms with Crippen molar-refractivity contribution in [2.75, 3.05) is 6.61 Å². The maximum Gasteiger partial charge on any atom is 0.0624 e. The molecule has 3 N–H and O–H groups in total. The average Bonchev–Trinajstić information content (AvgIpc) is 2.40. The zero-order valence-electron chi connectivity index (χ0n) is 9.76. The van der Waals surface area contributed by atoms with E-state index in [0.717, 1.165) is 10.0 Å². The molecular formula is C14H15BrClNO. The maximum absolute atomic E-state index is 8.70. The van der Waals surface area contributed by atoms with Gasteiger partial charge in [0.15, 0.2) is 0 Å². The van der Waals surface area contributed by atoms with Crippen LogP contribution in [-0.2, 0) is 0 Å². The standard InChI is InChI=1S/C8H10ClNO.C6H5Br/c9-7-3-1-6(2-4-7)8(10)5-11;7-6-4-2-1-3-5-6/h1-4,8,11H,5,10H2;1-5H. The predicted molar refractivity (Wildman–Crippen MR) is 79.6 cm³/mol. The van der Waals surface area contributed by atoms with E-state index in [1.165, 1.54) is 0 Å². The number of aliphatic hydroxyl groups excluding tert-OH is 1. The molecule has 4 heteroatoms. The molecule has 18 heavy (non-hydrogen) atoms. The van der Waals surface area contributed by atoms with Crippen LogP contribution in [0.4, 0.5) is 0 Å². The van der Waals surface area contributed by atoms with E-state index in [-0.39, 0.29) is 12.6 Å². The van der Waals surface area contributed by atoms with Crippen molar-refractivity contribution in [2.45, 2.75) is 6.04 Å². The van der Waals surface area contributed by atoms with Crippen molar-refractivity contribution in [3.8, 4) is 0 Å². The minimum atomic E-state index is -0.299. The van der Waals surface area contributed by atoms with Crippen LogP contribution in [0.2, 0.25) is 5.02 Å². The largest absolute Gasteiger partial charge is 0.394 e. The molecule has 0 saturated heterocycles. The lowest BCUT2D eigenvalue weighted by atomic mass is 10.1. The third-order valence-electron chi connectivity index (χ3n) is 2.23. The highest BCUT2D eigenvalue weighted by molar-refractivity contribution is 9.10. The van der Waals surface area contributed by atoms with Crippen molar-refractivity contribution in [1.82, 2.24) is 0 Å². The summed E-state index contributed by atoms with van der Waals surface area (Å²) in [4.78, 5) is 0. The Balaban J connectivity index is 0.000000199. The van der Waals surface area contributed by atoms with Gasteiger partial charge in [0.2, 0.25) is 0 Å². The molecule has 2 rings (SSSR count). The Kier molecular flexibility index (Phi) is 6.98. The zero-order chi connectivity index (χ0) is 13.4. The van der Waals surface area contributed by atoms with Crippen molar-refractivity contribution in [1.29, 1.82) is 0 Å². The SMILES string of the molecule is Brc1ccccc1.NC(CO)c1ccc(Cl)cc1. The monoisotopic (exact) mass is 327 g/mol. The number of hydrogen-bond acceptors (Lipinski definition) is 2. The molecule has 0 aliphatic heterocycles. The van der Waals surface area contributed by atoms with Gasteiger partial charge in [0.1, 0.15) is 0 Å². The van der Waals surface area contributed by atoms with Crippen molar-refractivity contribution in [3.63, 3.8) is 0 Å². The Hall–Kier alpha value is -0.870. The fraction of sp³-hybridized carbons (Fsp3) is 0.143. The van der Waals surface area contributed by atoms with Crippen molar-refractivity contribution in [2.24, 2.45) is 5.73 Å². The lowest BCUT2D eigenvalue weighted by Crippen LogP contribution is -2.13. The molecule has 0 aliphatic rings. The Bertz CT molecular complexity index is 447. The molecule has 0 fully saturated rings. The number of hydrogen-bond donors (Lipinski definition) is 2. The van der Waals surface area contributed by atoms with Crippen LogP contribution in [0.1, 0.15) is 11.6 Å². The molecule has 0 aromatic heterocycles. The number of aliphatic hydroxyl groups is 1. The second-order valence-corrected chi connectivity index (χ2v) is 4.99. The Morgan fingerprint density at radius 1 is 1.06 bits per heavy atom. The molecule has 0 radical (unpaired) electrons. The first kappa shape index (κ1) is 15.2. The molecule has 0 heterocycles. The van der Waals surface area contributed by atoms with Gasteiger partial charge in [-0.05, 0) is 29.8 Å². The van der Waals surface area contributed by atoms with Crippen LogP contribution in [0.3, 0.4) is 0 Å². The quantitative estimate of drug-likeness (QED) is 0.881. The molecule has 0 spiro atoms. The first-order chi connectivity index (χ1) is 8.63. The fourth-order valence-corrected chi connectivity index (χ4v) is 1.66. The lowest BCUT2D eigenvalue weighted by Gasteiger charge is -2.07.